The molecule has 1 aliphatic carbocycles. The van der Waals surface area contributed by atoms with Crippen molar-refractivity contribution in [3.8, 4) is 5.75 Å². The number of para-hydroxylation sites is 1. The van der Waals surface area contributed by atoms with Crippen molar-refractivity contribution in [3.63, 3.8) is 0 Å². The van der Waals surface area contributed by atoms with Crippen LogP contribution in [0.25, 0.3) is 0 Å². The van der Waals surface area contributed by atoms with Crippen LogP contribution in [0.2, 0.25) is 0 Å². The van der Waals surface area contributed by atoms with Gasteiger partial charge in [0.2, 0.25) is 10.0 Å². The van der Waals surface area contributed by atoms with Crippen molar-refractivity contribution >= 4 is 16.0 Å². The Morgan fingerprint density at radius 1 is 1.00 bits per heavy atom. The van der Waals surface area contributed by atoms with E-state index in [1.165, 1.54) is 14.0 Å². The summed E-state index contributed by atoms with van der Waals surface area (Å²) < 4.78 is 40.1. The molecule has 1 N–H and O–H groups in total. The normalized spacial score (nSPS) is 16.8. The van der Waals surface area contributed by atoms with Crippen molar-refractivity contribution in [1.82, 2.24) is 4.72 Å². The minimum atomic E-state index is -3.89. The number of esters is 1. The van der Waals surface area contributed by atoms with E-state index in [0.717, 1.165) is 5.56 Å². The van der Waals surface area contributed by atoms with E-state index in [1.807, 2.05) is 6.92 Å². The molecule has 2 aromatic rings. The van der Waals surface area contributed by atoms with Gasteiger partial charge < -0.3 is 9.47 Å². The van der Waals surface area contributed by atoms with Gasteiger partial charge in [-0.05, 0) is 50.8 Å². The van der Waals surface area contributed by atoms with Gasteiger partial charge in [0, 0.05) is 18.4 Å². The summed E-state index contributed by atoms with van der Waals surface area (Å²) in [6.07, 6.45) is 6.24. The quantitative estimate of drug-likeness (QED) is 0.655. The van der Waals surface area contributed by atoms with E-state index in [2.05, 4.69) is 4.72 Å². The number of methoxy groups -OCH3 is 1. The van der Waals surface area contributed by atoms with Crippen molar-refractivity contribution in [2.75, 3.05) is 7.11 Å². The van der Waals surface area contributed by atoms with E-state index in [4.69, 9.17) is 9.47 Å². The first-order chi connectivity index (χ1) is 14.3. The summed E-state index contributed by atoms with van der Waals surface area (Å²) in [6, 6.07) is 12.8. The molecule has 1 aliphatic rings. The fourth-order valence-corrected chi connectivity index (χ4v) is 4.47. The Hall–Kier alpha value is -2.38. The number of hydrogen-bond acceptors (Lipinski definition) is 5. The predicted molar refractivity (Wildman–Crippen MR) is 113 cm³/mol. The maximum absolute atomic E-state index is 13.1. The smallest absolute Gasteiger partial charge is 0.303 e. The lowest BCUT2D eigenvalue weighted by molar-refractivity contribution is -0.147. The van der Waals surface area contributed by atoms with Gasteiger partial charge in [-0.3, -0.25) is 4.79 Å². The molecule has 2 aromatic carbocycles. The number of aryl methyl sites for hydroxylation is 1. The summed E-state index contributed by atoms with van der Waals surface area (Å²) in [5, 5.41) is 0. The standard InChI is InChI=1S/C23H24NO5S/c1-16-12-14-19(15-13-16)30(26,27)24-22(18-8-4-5-9-18)23(29-17(2)25)20-10-6-7-11-21(20)28-3/h4-15,22-24H,1-3H3/t22-,23+/m0/s1. The molecule has 6 nitrogen and oxygen atoms in total. The van der Waals surface area contributed by atoms with E-state index < -0.39 is 28.1 Å². The van der Waals surface area contributed by atoms with Crippen LogP contribution in [-0.4, -0.2) is 27.5 Å². The lowest BCUT2D eigenvalue weighted by Crippen LogP contribution is -2.44. The average molecular weight is 427 g/mol. The van der Waals surface area contributed by atoms with E-state index >= 15 is 0 Å². The third-order valence-electron chi connectivity index (χ3n) is 4.70. The fourth-order valence-electron chi connectivity index (χ4n) is 3.24. The number of carbonyl (C=O) groups is 1. The molecule has 2 atom stereocenters. The van der Waals surface area contributed by atoms with Crippen molar-refractivity contribution < 1.29 is 22.7 Å². The molecule has 0 saturated heterocycles. The van der Waals surface area contributed by atoms with Crippen LogP contribution in [0.4, 0.5) is 0 Å². The van der Waals surface area contributed by atoms with E-state index in [-0.39, 0.29) is 4.90 Å². The molecule has 0 aromatic heterocycles. The van der Waals surface area contributed by atoms with E-state index in [0.29, 0.717) is 17.2 Å². The van der Waals surface area contributed by atoms with Gasteiger partial charge in [0.25, 0.3) is 0 Å². The van der Waals surface area contributed by atoms with Crippen LogP contribution in [0.15, 0.2) is 53.4 Å². The van der Waals surface area contributed by atoms with Crippen molar-refractivity contribution in [3.05, 3.63) is 91.3 Å². The zero-order chi connectivity index (χ0) is 21.7. The molecule has 0 amide bonds. The van der Waals surface area contributed by atoms with Gasteiger partial charge in [0.15, 0.2) is 0 Å². The first-order valence-corrected chi connectivity index (χ1v) is 10.9. The maximum Gasteiger partial charge on any atom is 0.303 e. The molecular weight excluding hydrogens is 402 g/mol. The van der Waals surface area contributed by atoms with Crippen molar-refractivity contribution in [1.29, 1.82) is 0 Å². The number of hydrogen-bond donors (Lipinski definition) is 1. The monoisotopic (exact) mass is 426 g/mol. The van der Waals surface area contributed by atoms with Crippen molar-refractivity contribution in [2.24, 2.45) is 0 Å². The summed E-state index contributed by atoms with van der Waals surface area (Å²) in [7, 11) is -2.38. The second-order valence-corrected chi connectivity index (χ2v) is 8.62. The van der Waals surface area contributed by atoms with Crippen LogP contribution in [0.1, 0.15) is 24.2 Å². The molecule has 0 bridgehead atoms. The first kappa shape index (κ1) is 22.3. The van der Waals surface area contributed by atoms with Crippen LogP contribution < -0.4 is 9.46 Å². The van der Waals surface area contributed by atoms with E-state index in [1.54, 1.807) is 74.2 Å². The highest BCUT2D eigenvalue weighted by Crippen LogP contribution is 2.38. The number of carbonyl (C=O) groups excluding carboxylic acids is 1. The first-order valence-electron chi connectivity index (χ1n) is 9.42. The lowest BCUT2D eigenvalue weighted by Gasteiger charge is -2.32. The summed E-state index contributed by atoms with van der Waals surface area (Å²) in [5.41, 5.74) is 1.52. The molecule has 7 heteroatoms. The Bertz CT molecular complexity index is 965. The highest BCUT2D eigenvalue weighted by atomic mass is 32.2. The predicted octanol–water partition coefficient (Wildman–Crippen LogP) is 3.36. The Morgan fingerprint density at radius 3 is 2.23 bits per heavy atom. The zero-order valence-electron chi connectivity index (χ0n) is 17.0. The fraction of sp³-hybridized carbons (Fsp3) is 0.217. The maximum atomic E-state index is 13.1. The number of nitrogens with one attached hydrogen (secondary N) is 1. The largest absolute Gasteiger partial charge is 0.496 e. The van der Waals surface area contributed by atoms with Crippen LogP contribution in [0.5, 0.6) is 5.75 Å². The topological polar surface area (TPSA) is 81.7 Å². The lowest BCUT2D eigenvalue weighted by atomic mass is 9.90. The molecule has 3 rings (SSSR count). The van der Waals surface area contributed by atoms with Gasteiger partial charge in [-0.15, -0.1) is 0 Å². The zero-order valence-corrected chi connectivity index (χ0v) is 17.8. The Balaban J connectivity index is 2.03. The molecular formula is C23H24NO5S. The van der Waals surface area contributed by atoms with Gasteiger partial charge in [-0.1, -0.05) is 35.9 Å². The Kier molecular flexibility index (Phi) is 7.15. The number of sulfonamides is 1. The van der Waals surface area contributed by atoms with Crippen LogP contribution >= 0.6 is 0 Å². The molecule has 157 valence electrons. The number of benzene rings is 2. The van der Waals surface area contributed by atoms with Gasteiger partial charge in [0.05, 0.1) is 18.0 Å². The van der Waals surface area contributed by atoms with Crippen LogP contribution in [0, 0.1) is 38.5 Å². The molecule has 1 saturated carbocycles. The summed E-state index contributed by atoms with van der Waals surface area (Å²) >= 11 is 0. The molecule has 0 aliphatic heterocycles. The van der Waals surface area contributed by atoms with Crippen LogP contribution in [0.3, 0.4) is 0 Å². The molecule has 0 unspecified atom stereocenters. The molecule has 1 fully saturated rings. The second kappa shape index (κ2) is 9.62. The van der Waals surface area contributed by atoms with Gasteiger partial charge >= 0.3 is 5.97 Å². The Morgan fingerprint density at radius 2 is 1.63 bits per heavy atom. The molecule has 30 heavy (non-hydrogen) atoms. The molecule has 0 spiro atoms. The van der Waals surface area contributed by atoms with Gasteiger partial charge in [-0.2, -0.15) is 0 Å². The number of rotatable bonds is 8. The minimum Gasteiger partial charge on any atom is -0.496 e. The summed E-state index contributed by atoms with van der Waals surface area (Å²) in [4.78, 5) is 12.1. The third-order valence-corrected chi connectivity index (χ3v) is 6.16. The average Bonchev–Trinajstić information content (AvgIpc) is 3.25. The highest BCUT2D eigenvalue weighted by molar-refractivity contribution is 7.89. The summed E-state index contributed by atoms with van der Waals surface area (Å²) in [6.45, 7) is 3.17. The summed E-state index contributed by atoms with van der Waals surface area (Å²) in [5.74, 6) is 0.634. The van der Waals surface area contributed by atoms with Gasteiger partial charge in [-0.25, -0.2) is 13.1 Å². The van der Waals surface area contributed by atoms with Gasteiger partial charge in [0.1, 0.15) is 11.9 Å². The van der Waals surface area contributed by atoms with E-state index in [9.17, 15) is 13.2 Å². The third kappa shape index (κ3) is 5.21. The molecule has 5 radical (unpaired) electrons. The highest BCUT2D eigenvalue weighted by Gasteiger charge is 2.39. The van der Waals surface area contributed by atoms with Crippen LogP contribution in [-0.2, 0) is 19.6 Å². The number of ether oxygens (including phenoxy) is 2. The SMILES string of the molecule is COc1ccccc1[C@@H](OC(C)=O)[C@@H](NS(=O)(=O)c1ccc(C)cc1)[C]1[CH][CH][CH][CH]1. The second-order valence-electron chi connectivity index (χ2n) is 6.90. The molecule has 0 heterocycles. The minimum absolute atomic E-state index is 0.131. The Labute approximate surface area is 178 Å². The van der Waals surface area contributed by atoms with Crippen molar-refractivity contribution in [2.45, 2.75) is 30.9 Å².